The fourth-order valence-corrected chi connectivity index (χ4v) is 3.73. The number of anilines is 2. The van der Waals surface area contributed by atoms with Crippen LogP contribution < -0.4 is 10.6 Å². The van der Waals surface area contributed by atoms with Crippen LogP contribution in [-0.2, 0) is 9.59 Å². The molecule has 0 atom stereocenters. The normalized spacial score (nSPS) is 10.7. The monoisotopic (exact) mass is 417 g/mol. The van der Waals surface area contributed by atoms with Crippen LogP contribution in [0.25, 0.3) is 5.69 Å². The smallest absolute Gasteiger partial charge is 0.236 e. The van der Waals surface area contributed by atoms with Crippen molar-refractivity contribution in [3.63, 3.8) is 0 Å². The van der Waals surface area contributed by atoms with Gasteiger partial charge in [-0.2, -0.15) is 4.68 Å². The van der Waals surface area contributed by atoms with E-state index in [1.807, 2.05) is 19.9 Å². The molecule has 0 saturated heterocycles. The number of hydrogen-bond donors (Lipinski definition) is 2. The van der Waals surface area contributed by atoms with Crippen LogP contribution in [0.1, 0.15) is 23.9 Å². The highest BCUT2D eigenvalue weighted by molar-refractivity contribution is 7.99. The van der Waals surface area contributed by atoms with E-state index in [1.165, 1.54) is 27.8 Å². The van der Waals surface area contributed by atoms with Crippen LogP contribution in [0.3, 0.4) is 0 Å². The van der Waals surface area contributed by atoms with E-state index in [2.05, 4.69) is 31.1 Å². The molecule has 2 aromatic heterocycles. The van der Waals surface area contributed by atoms with Gasteiger partial charge in [0.1, 0.15) is 0 Å². The van der Waals surface area contributed by atoms with Crippen LogP contribution in [0.2, 0.25) is 0 Å². The zero-order chi connectivity index (χ0) is 20.1. The molecular formula is C17H19N7O2S2. The molecule has 146 valence electrons. The maximum absolute atomic E-state index is 12.2. The number of carbonyl (C=O) groups is 2. The van der Waals surface area contributed by atoms with Crippen LogP contribution in [0.5, 0.6) is 0 Å². The minimum absolute atomic E-state index is 0.0761. The maximum atomic E-state index is 12.2. The van der Waals surface area contributed by atoms with Gasteiger partial charge >= 0.3 is 0 Å². The lowest BCUT2D eigenvalue weighted by Gasteiger charge is -2.07. The molecule has 3 rings (SSSR count). The minimum Gasteiger partial charge on any atom is -0.326 e. The number of tetrazole rings is 1. The third-order valence-corrected chi connectivity index (χ3v) is 5.65. The van der Waals surface area contributed by atoms with Gasteiger partial charge in [0.2, 0.25) is 17.0 Å². The van der Waals surface area contributed by atoms with Crippen LogP contribution in [-0.4, -0.2) is 42.8 Å². The average molecular weight is 418 g/mol. The fraction of sp³-hybridized carbons (Fsp3) is 0.294. The lowest BCUT2D eigenvalue weighted by Crippen LogP contribution is -2.14. The van der Waals surface area contributed by atoms with E-state index in [-0.39, 0.29) is 17.6 Å². The van der Waals surface area contributed by atoms with Gasteiger partial charge in [0.05, 0.1) is 17.1 Å². The van der Waals surface area contributed by atoms with Gasteiger partial charge in [0, 0.05) is 17.0 Å². The van der Waals surface area contributed by atoms with E-state index in [9.17, 15) is 9.59 Å². The summed E-state index contributed by atoms with van der Waals surface area (Å²) in [6.07, 6.45) is 0.392. The largest absolute Gasteiger partial charge is 0.326 e. The van der Waals surface area contributed by atoms with Crippen molar-refractivity contribution in [2.24, 2.45) is 0 Å². The Labute approximate surface area is 169 Å². The first kappa shape index (κ1) is 20.0. The molecule has 0 spiro atoms. The minimum atomic E-state index is -0.183. The quantitative estimate of drug-likeness (QED) is 0.568. The number of nitrogens with zero attached hydrogens (tertiary/aromatic N) is 5. The molecule has 9 nitrogen and oxygen atoms in total. The summed E-state index contributed by atoms with van der Waals surface area (Å²) in [7, 11) is 0. The molecule has 0 fully saturated rings. The zero-order valence-electron chi connectivity index (χ0n) is 15.6. The first-order chi connectivity index (χ1) is 13.5. The summed E-state index contributed by atoms with van der Waals surface area (Å²) in [5.41, 5.74) is 2.25. The van der Waals surface area contributed by atoms with E-state index >= 15 is 0 Å². The number of amides is 2. The van der Waals surface area contributed by atoms with E-state index in [1.54, 1.807) is 25.1 Å². The van der Waals surface area contributed by atoms with Crippen molar-refractivity contribution in [1.29, 1.82) is 0 Å². The van der Waals surface area contributed by atoms with Crippen LogP contribution in [0.4, 0.5) is 10.8 Å². The van der Waals surface area contributed by atoms with Gasteiger partial charge < -0.3 is 10.6 Å². The van der Waals surface area contributed by atoms with E-state index in [0.717, 1.165) is 10.6 Å². The van der Waals surface area contributed by atoms with Crippen molar-refractivity contribution in [3.8, 4) is 5.69 Å². The number of carbonyl (C=O) groups excluding carboxylic acids is 2. The van der Waals surface area contributed by atoms with Crippen LogP contribution in [0.15, 0.2) is 29.4 Å². The fourth-order valence-electron chi connectivity index (χ4n) is 2.21. The number of aromatic nitrogens is 5. The highest BCUT2D eigenvalue weighted by Gasteiger charge is 2.14. The first-order valence-electron chi connectivity index (χ1n) is 8.51. The summed E-state index contributed by atoms with van der Waals surface area (Å²) in [6.45, 7) is 5.65. The molecule has 0 aliphatic carbocycles. The summed E-state index contributed by atoms with van der Waals surface area (Å²) >= 11 is 2.66. The summed E-state index contributed by atoms with van der Waals surface area (Å²) in [5, 5.41) is 18.3. The molecule has 0 unspecified atom stereocenters. The number of thioether (sulfide) groups is 1. The Balaban J connectivity index is 1.66. The second-order valence-corrected chi connectivity index (χ2v) is 7.97. The van der Waals surface area contributed by atoms with E-state index in [4.69, 9.17) is 0 Å². The van der Waals surface area contributed by atoms with Crippen molar-refractivity contribution < 1.29 is 9.59 Å². The molecule has 2 amide bonds. The first-order valence-corrected chi connectivity index (χ1v) is 10.3. The Kier molecular flexibility index (Phi) is 6.37. The van der Waals surface area contributed by atoms with Gasteiger partial charge in [-0.15, -0.1) is 16.4 Å². The van der Waals surface area contributed by atoms with E-state index < -0.39 is 0 Å². The van der Waals surface area contributed by atoms with Crippen LogP contribution >= 0.6 is 23.1 Å². The molecule has 11 heteroatoms. The SMILES string of the molecule is CCC(=O)Nc1cccc(-n2nnnc2SCC(=O)Nc2nc(C)c(C)s2)c1. The molecular weight excluding hydrogens is 398 g/mol. The Bertz CT molecular complexity index is 980. The third-order valence-electron chi connectivity index (χ3n) is 3.74. The molecule has 0 bridgehead atoms. The second kappa shape index (κ2) is 8.93. The number of benzene rings is 1. The van der Waals surface area contributed by atoms with Crippen molar-refractivity contribution in [3.05, 3.63) is 34.8 Å². The Hall–Kier alpha value is -2.79. The van der Waals surface area contributed by atoms with Crippen molar-refractivity contribution >= 4 is 45.7 Å². The maximum Gasteiger partial charge on any atom is 0.236 e. The Morgan fingerprint density at radius 1 is 1.21 bits per heavy atom. The molecule has 0 aliphatic rings. The zero-order valence-corrected chi connectivity index (χ0v) is 17.2. The van der Waals surface area contributed by atoms with Crippen molar-refractivity contribution in [2.75, 3.05) is 16.4 Å². The number of rotatable bonds is 7. The second-order valence-electron chi connectivity index (χ2n) is 5.82. The molecule has 0 saturated carbocycles. The Morgan fingerprint density at radius 2 is 2.04 bits per heavy atom. The van der Waals surface area contributed by atoms with Gasteiger partial charge in [-0.1, -0.05) is 24.8 Å². The molecule has 2 heterocycles. The molecule has 0 aliphatic heterocycles. The molecule has 0 radical (unpaired) electrons. The van der Waals surface area contributed by atoms with Crippen molar-refractivity contribution in [2.45, 2.75) is 32.3 Å². The number of hydrogen-bond acceptors (Lipinski definition) is 8. The topological polar surface area (TPSA) is 115 Å². The lowest BCUT2D eigenvalue weighted by atomic mass is 10.2. The summed E-state index contributed by atoms with van der Waals surface area (Å²) in [5.74, 6) is -0.116. The standard InChI is InChI=1S/C17H19N7O2S2/c1-4-14(25)19-12-6-5-7-13(8-12)24-17(21-22-23-24)27-9-15(26)20-16-18-10(2)11(3)28-16/h5-8H,4,9H2,1-3H3,(H,19,25)(H,18,20,26). The third kappa shape index (κ3) is 4.93. The summed E-state index contributed by atoms with van der Waals surface area (Å²) in [4.78, 5) is 29.1. The van der Waals surface area contributed by atoms with Gasteiger partial charge in [0.15, 0.2) is 5.13 Å². The Morgan fingerprint density at radius 3 is 2.75 bits per heavy atom. The number of thiazole rings is 1. The summed E-state index contributed by atoms with van der Waals surface area (Å²) < 4.78 is 1.53. The number of nitrogens with one attached hydrogen (secondary N) is 2. The average Bonchev–Trinajstić information content (AvgIpc) is 3.26. The summed E-state index contributed by atoms with van der Waals surface area (Å²) in [6, 6.07) is 7.19. The molecule has 28 heavy (non-hydrogen) atoms. The highest BCUT2D eigenvalue weighted by atomic mass is 32.2. The predicted octanol–water partition coefficient (Wildman–Crippen LogP) is 2.81. The van der Waals surface area contributed by atoms with Gasteiger partial charge in [-0.3, -0.25) is 9.59 Å². The predicted molar refractivity (Wildman–Crippen MR) is 109 cm³/mol. The molecule has 2 N–H and O–H groups in total. The molecule has 3 aromatic rings. The van der Waals surface area contributed by atoms with E-state index in [0.29, 0.717) is 28.1 Å². The van der Waals surface area contributed by atoms with Gasteiger partial charge in [-0.25, -0.2) is 4.98 Å². The van der Waals surface area contributed by atoms with Gasteiger partial charge in [0.25, 0.3) is 0 Å². The number of aryl methyl sites for hydroxylation is 2. The molecule has 1 aromatic carbocycles. The highest BCUT2D eigenvalue weighted by Crippen LogP contribution is 2.23. The lowest BCUT2D eigenvalue weighted by molar-refractivity contribution is -0.116. The van der Waals surface area contributed by atoms with Crippen molar-refractivity contribution in [1.82, 2.24) is 25.2 Å². The van der Waals surface area contributed by atoms with Crippen LogP contribution in [0, 0.1) is 13.8 Å². The van der Waals surface area contributed by atoms with Gasteiger partial charge in [-0.05, 0) is 42.5 Å².